The van der Waals surface area contributed by atoms with E-state index in [-0.39, 0.29) is 23.2 Å². The summed E-state index contributed by atoms with van der Waals surface area (Å²) in [6, 6.07) is 8.21. The van der Waals surface area contributed by atoms with Crippen molar-refractivity contribution in [3.8, 4) is 5.75 Å². The highest BCUT2D eigenvalue weighted by atomic mass is 19.4. The number of rotatable bonds is 5. The van der Waals surface area contributed by atoms with E-state index in [1.807, 2.05) is 38.1 Å². The monoisotopic (exact) mass is 406 g/mol. The van der Waals surface area contributed by atoms with E-state index in [1.54, 1.807) is 0 Å². The average Bonchev–Trinajstić information content (AvgIpc) is 3.13. The molecule has 1 aromatic carbocycles. The summed E-state index contributed by atoms with van der Waals surface area (Å²) in [5, 5.41) is 3.55. The van der Waals surface area contributed by atoms with Crippen molar-refractivity contribution in [2.75, 3.05) is 18.5 Å². The molecule has 0 unspecified atom stereocenters. The van der Waals surface area contributed by atoms with Crippen molar-refractivity contribution in [1.29, 1.82) is 0 Å². The van der Waals surface area contributed by atoms with E-state index in [0.717, 1.165) is 11.6 Å². The number of nitrogens with zero attached hydrogens (tertiary/aromatic N) is 2. The molecule has 3 heterocycles. The molecule has 6 nitrogen and oxygen atoms in total. The van der Waals surface area contributed by atoms with Gasteiger partial charge in [-0.3, -0.25) is 0 Å². The zero-order valence-electron chi connectivity index (χ0n) is 16.0. The van der Waals surface area contributed by atoms with Crippen LogP contribution >= 0.6 is 0 Å². The molecule has 0 spiro atoms. The van der Waals surface area contributed by atoms with Crippen molar-refractivity contribution in [3.05, 3.63) is 47.9 Å². The Kier molecular flexibility index (Phi) is 5.08. The minimum Gasteiger partial charge on any atom is -0.490 e. The average molecular weight is 406 g/mol. The molecule has 2 aromatic heterocycles. The number of H-pyrrole nitrogens is 1. The van der Waals surface area contributed by atoms with Gasteiger partial charge < -0.3 is 19.8 Å². The zero-order valence-corrected chi connectivity index (χ0v) is 16.0. The summed E-state index contributed by atoms with van der Waals surface area (Å²) in [6.07, 6.45) is -3.58. The van der Waals surface area contributed by atoms with Crippen LogP contribution in [0.15, 0.2) is 36.7 Å². The fourth-order valence-corrected chi connectivity index (χ4v) is 3.32. The maximum Gasteiger partial charge on any atom is 0.431 e. The number of benzene rings is 1. The molecule has 2 atom stereocenters. The highest BCUT2D eigenvalue weighted by molar-refractivity contribution is 5.88. The van der Waals surface area contributed by atoms with Crippen molar-refractivity contribution >= 4 is 16.9 Å². The third-order valence-electron chi connectivity index (χ3n) is 4.70. The second-order valence-corrected chi connectivity index (χ2v) is 7.40. The Morgan fingerprint density at radius 3 is 2.83 bits per heavy atom. The highest BCUT2D eigenvalue weighted by Crippen LogP contribution is 2.38. The molecule has 0 fully saturated rings. The molecule has 0 saturated carbocycles. The van der Waals surface area contributed by atoms with Gasteiger partial charge in [-0.15, -0.1) is 0 Å². The third kappa shape index (κ3) is 4.00. The van der Waals surface area contributed by atoms with E-state index in [4.69, 9.17) is 9.47 Å². The van der Waals surface area contributed by atoms with Crippen LogP contribution in [0.25, 0.3) is 11.0 Å². The van der Waals surface area contributed by atoms with Gasteiger partial charge in [0.05, 0.1) is 11.4 Å². The van der Waals surface area contributed by atoms with Gasteiger partial charge in [-0.2, -0.15) is 13.2 Å². The van der Waals surface area contributed by atoms with E-state index in [9.17, 15) is 13.2 Å². The molecule has 1 aliphatic rings. The highest BCUT2D eigenvalue weighted by Gasteiger charge is 2.35. The van der Waals surface area contributed by atoms with Crippen molar-refractivity contribution in [2.45, 2.75) is 32.2 Å². The minimum absolute atomic E-state index is 0.120. The lowest BCUT2D eigenvalue weighted by Crippen LogP contribution is -2.38. The van der Waals surface area contributed by atoms with Crippen LogP contribution in [0, 0.1) is 5.92 Å². The summed E-state index contributed by atoms with van der Waals surface area (Å²) in [6.45, 7) is 4.96. The number of anilines is 1. The Morgan fingerprint density at radius 2 is 2.07 bits per heavy atom. The topological polar surface area (TPSA) is 72.1 Å². The molecule has 0 amide bonds. The Morgan fingerprint density at radius 1 is 1.28 bits per heavy atom. The smallest absolute Gasteiger partial charge is 0.431 e. The Hall–Kier alpha value is -2.81. The van der Waals surface area contributed by atoms with Crippen LogP contribution in [0.3, 0.4) is 0 Å². The number of alkyl halides is 3. The lowest BCUT2D eigenvalue weighted by molar-refractivity contribution is -0.140. The van der Waals surface area contributed by atoms with E-state index in [0.29, 0.717) is 30.7 Å². The number of aromatic amines is 1. The fourth-order valence-electron chi connectivity index (χ4n) is 3.32. The normalized spacial score (nSPS) is 19.2. The number of hydrogen-bond donors (Lipinski definition) is 2. The van der Waals surface area contributed by atoms with Crippen LogP contribution in [0.2, 0.25) is 0 Å². The van der Waals surface area contributed by atoms with Gasteiger partial charge in [-0.05, 0) is 18.1 Å². The van der Waals surface area contributed by atoms with Crippen molar-refractivity contribution in [2.24, 2.45) is 5.92 Å². The van der Waals surface area contributed by atoms with Crippen molar-refractivity contribution in [1.82, 2.24) is 15.0 Å². The predicted molar refractivity (Wildman–Crippen MR) is 102 cm³/mol. The van der Waals surface area contributed by atoms with Crippen LogP contribution in [0.1, 0.15) is 31.1 Å². The second-order valence-electron chi connectivity index (χ2n) is 7.40. The van der Waals surface area contributed by atoms with Crippen LogP contribution in [0.4, 0.5) is 19.0 Å². The third-order valence-corrected chi connectivity index (χ3v) is 4.70. The predicted octanol–water partition coefficient (Wildman–Crippen LogP) is 4.56. The minimum atomic E-state index is -4.49. The second kappa shape index (κ2) is 7.55. The van der Waals surface area contributed by atoms with Gasteiger partial charge in [0.15, 0.2) is 0 Å². The molecule has 154 valence electrons. The molecular formula is C20H21F3N4O2. The quantitative estimate of drug-likeness (QED) is 0.650. The number of nitrogens with one attached hydrogen (secondary N) is 2. The molecular weight excluding hydrogens is 385 g/mol. The van der Waals surface area contributed by atoms with E-state index >= 15 is 0 Å². The van der Waals surface area contributed by atoms with Gasteiger partial charge in [0.2, 0.25) is 0 Å². The van der Waals surface area contributed by atoms with Gasteiger partial charge in [-0.25, -0.2) is 9.97 Å². The van der Waals surface area contributed by atoms with Crippen LogP contribution in [-0.4, -0.2) is 34.3 Å². The largest absolute Gasteiger partial charge is 0.490 e. The maximum atomic E-state index is 13.1. The van der Waals surface area contributed by atoms with Gasteiger partial charge in [0.1, 0.15) is 41.9 Å². The SMILES string of the molecule is CC(C)CO[C@H]1COc2ccccc2[C@@H]1Nc1ncnc2[nH]c(C(F)(F)F)cc12. The first-order valence-corrected chi connectivity index (χ1v) is 9.33. The van der Waals surface area contributed by atoms with Crippen LogP contribution in [0.5, 0.6) is 5.75 Å². The van der Waals surface area contributed by atoms with Crippen LogP contribution in [-0.2, 0) is 10.9 Å². The molecule has 29 heavy (non-hydrogen) atoms. The molecule has 0 aliphatic carbocycles. The number of ether oxygens (including phenoxy) is 2. The molecule has 0 bridgehead atoms. The standard InChI is InChI=1S/C20H21F3N4O2/c1-11(2)8-28-15-9-29-14-6-4-3-5-12(14)17(15)27-19-13-7-16(20(21,22)23)26-18(13)24-10-25-19/h3-7,10-11,15,17H,8-9H2,1-2H3,(H2,24,25,26,27)/t15-,17-/m0/s1. The number of para-hydroxylation sites is 1. The Bertz CT molecular complexity index is 1000. The Balaban J connectivity index is 1.71. The van der Waals surface area contributed by atoms with Gasteiger partial charge in [0.25, 0.3) is 0 Å². The van der Waals surface area contributed by atoms with E-state index in [2.05, 4.69) is 20.3 Å². The number of aromatic nitrogens is 3. The summed E-state index contributed by atoms with van der Waals surface area (Å²) in [5.41, 5.74) is 0.122. The first-order valence-electron chi connectivity index (χ1n) is 9.33. The zero-order chi connectivity index (χ0) is 20.6. The summed E-state index contributed by atoms with van der Waals surface area (Å²) >= 11 is 0. The molecule has 0 radical (unpaired) electrons. The van der Waals surface area contributed by atoms with Crippen LogP contribution < -0.4 is 10.1 Å². The summed E-state index contributed by atoms with van der Waals surface area (Å²) in [7, 11) is 0. The molecule has 0 saturated heterocycles. The summed E-state index contributed by atoms with van der Waals surface area (Å²) in [4.78, 5) is 10.4. The van der Waals surface area contributed by atoms with E-state index in [1.165, 1.54) is 6.33 Å². The molecule has 2 N–H and O–H groups in total. The summed E-state index contributed by atoms with van der Waals surface area (Å²) in [5.74, 6) is 1.35. The molecule has 4 rings (SSSR count). The fraction of sp³-hybridized carbons (Fsp3) is 0.400. The number of halogens is 3. The number of fused-ring (bicyclic) bond motifs is 2. The summed E-state index contributed by atoms with van der Waals surface area (Å²) < 4.78 is 51.2. The van der Waals surface area contributed by atoms with Gasteiger partial charge >= 0.3 is 6.18 Å². The van der Waals surface area contributed by atoms with Gasteiger partial charge in [0, 0.05) is 12.2 Å². The van der Waals surface area contributed by atoms with Gasteiger partial charge in [-0.1, -0.05) is 32.0 Å². The lowest BCUT2D eigenvalue weighted by Gasteiger charge is -2.34. The number of hydrogen-bond acceptors (Lipinski definition) is 5. The van der Waals surface area contributed by atoms with E-state index < -0.39 is 11.9 Å². The molecule has 9 heteroatoms. The maximum absolute atomic E-state index is 13.1. The lowest BCUT2D eigenvalue weighted by atomic mass is 9.97. The first-order chi connectivity index (χ1) is 13.8. The molecule has 1 aliphatic heterocycles. The van der Waals surface area contributed by atoms with Crippen molar-refractivity contribution in [3.63, 3.8) is 0 Å². The Labute approximate surface area is 165 Å². The van der Waals surface area contributed by atoms with Crippen molar-refractivity contribution < 1.29 is 22.6 Å². The molecule has 3 aromatic rings. The first kappa shape index (κ1) is 19.5.